The molecule has 3 heterocycles. The number of amides is 2. The number of nitrogens with two attached hydrogens (primary N) is 1. The highest BCUT2D eigenvalue weighted by Gasteiger charge is 2.57. The van der Waals surface area contributed by atoms with Crippen LogP contribution in [0.2, 0.25) is 0 Å². The first-order valence-electron chi connectivity index (χ1n) is 16.9. The van der Waals surface area contributed by atoms with Crippen molar-refractivity contribution in [3.63, 3.8) is 0 Å². The second-order valence-corrected chi connectivity index (χ2v) is 13.0. The number of carbonyl (C=O) groups excluding carboxylic acids is 2. The summed E-state index contributed by atoms with van der Waals surface area (Å²) in [6, 6.07) is -2.74. The number of ether oxygens (including phenoxy) is 6. The summed E-state index contributed by atoms with van der Waals surface area (Å²) in [4.78, 5) is 36.3. The molecule has 3 saturated heterocycles. The van der Waals surface area contributed by atoms with E-state index in [9.17, 15) is 65.4 Å². The van der Waals surface area contributed by atoms with Crippen molar-refractivity contribution in [3.05, 3.63) is 0 Å². The molecule has 16 atom stereocenters. The molecule has 3 aliphatic rings. The SMILES string of the molecule is CC(=O)NC1[C@H](OCCCCCN)OC(CO)[C@@H](O[C@@H]2OC(CO[C@]3(C(=O)O)C[C@@H](O)[C@@H](NC(C)=O)C([C@H](O)[C@H](O)CO)O3)[C@H](O)[C@H](O)C2O)[C@@H]1O. The smallest absolute Gasteiger partial charge is 0.364 e. The van der Waals surface area contributed by atoms with Gasteiger partial charge >= 0.3 is 5.97 Å². The average molecular weight is 760 g/mol. The molecule has 0 aliphatic carbocycles. The molecule has 0 aromatic heterocycles. The van der Waals surface area contributed by atoms with Crippen LogP contribution in [0.3, 0.4) is 0 Å². The Hall–Kier alpha value is -2.23. The van der Waals surface area contributed by atoms with E-state index in [0.29, 0.717) is 13.0 Å². The molecule has 3 aliphatic heterocycles. The normalized spacial score (nSPS) is 39.3. The number of hydrogen-bond acceptors (Lipinski definition) is 19. The minimum absolute atomic E-state index is 0.154. The molecule has 0 radical (unpaired) electrons. The summed E-state index contributed by atoms with van der Waals surface area (Å²) in [6.07, 6.45) is -21.9. The number of carbonyl (C=O) groups is 3. The minimum Gasteiger partial charge on any atom is -0.477 e. The van der Waals surface area contributed by atoms with E-state index in [1.165, 1.54) is 6.92 Å². The fourth-order valence-corrected chi connectivity index (χ4v) is 6.20. The highest BCUT2D eigenvalue weighted by Crippen LogP contribution is 2.35. The fourth-order valence-electron chi connectivity index (χ4n) is 6.20. The van der Waals surface area contributed by atoms with Gasteiger partial charge in [-0.2, -0.15) is 0 Å². The van der Waals surface area contributed by atoms with Crippen LogP contribution in [0.15, 0.2) is 0 Å². The Labute approximate surface area is 298 Å². The molecule has 0 bridgehead atoms. The van der Waals surface area contributed by atoms with E-state index in [2.05, 4.69) is 10.6 Å². The zero-order valence-corrected chi connectivity index (χ0v) is 28.7. The maximum absolute atomic E-state index is 12.5. The molecule has 3 fully saturated rings. The van der Waals surface area contributed by atoms with Crippen LogP contribution in [0, 0.1) is 0 Å². The van der Waals surface area contributed by atoms with Gasteiger partial charge in [-0.3, -0.25) is 9.59 Å². The van der Waals surface area contributed by atoms with Crippen molar-refractivity contribution >= 4 is 17.8 Å². The Morgan fingerprint density at radius 3 is 2.08 bits per heavy atom. The summed E-state index contributed by atoms with van der Waals surface area (Å²) in [5.41, 5.74) is 5.51. The zero-order chi connectivity index (χ0) is 38.9. The number of aliphatic hydroxyl groups excluding tert-OH is 9. The molecule has 0 aromatic rings. The van der Waals surface area contributed by atoms with Gasteiger partial charge < -0.3 is 95.9 Å². The quantitative estimate of drug-likeness (QED) is 0.0577. The van der Waals surface area contributed by atoms with Crippen LogP contribution in [0.4, 0.5) is 0 Å². The first kappa shape index (κ1) is 44.2. The molecular formula is C30H53N3O19. The standard InChI is InChI=1S/C30H53N3O19/c1-12(36)32-18-14(38)8-30(29(45)46,52-26(18)20(40)15(39)9-34)48-11-17-21(41)23(43)24(44)28(50-17)51-25-16(10-35)49-27(47-7-5-3-4-6-31)19(22(25)42)33-13(2)37/h14-28,34-35,38-44H,3-11,31H2,1-2H3,(H,32,36)(H,33,37)(H,45,46)/t14-,15-,16?,17?,18-,19?,20-,21+,22-,23+,24?,25-,26?,27-,28+,30-/m1/s1. The van der Waals surface area contributed by atoms with Gasteiger partial charge in [-0.25, -0.2) is 4.79 Å². The van der Waals surface area contributed by atoms with E-state index >= 15 is 0 Å². The molecule has 22 heteroatoms. The third-order valence-electron chi connectivity index (χ3n) is 8.98. The summed E-state index contributed by atoms with van der Waals surface area (Å²) in [5, 5.41) is 109. The van der Waals surface area contributed by atoms with Gasteiger partial charge in [-0.05, 0) is 25.8 Å². The number of aliphatic hydroxyl groups is 9. The summed E-state index contributed by atoms with van der Waals surface area (Å²) in [6.45, 7) is 0.134. The molecule has 2 amide bonds. The highest BCUT2D eigenvalue weighted by atomic mass is 16.8. The molecule has 0 spiro atoms. The maximum atomic E-state index is 12.5. The molecule has 22 nitrogen and oxygen atoms in total. The van der Waals surface area contributed by atoms with Gasteiger partial charge in [0.15, 0.2) is 12.6 Å². The van der Waals surface area contributed by atoms with Gasteiger partial charge in [0.25, 0.3) is 5.79 Å². The van der Waals surface area contributed by atoms with Crippen molar-refractivity contribution in [1.29, 1.82) is 0 Å². The van der Waals surface area contributed by atoms with Crippen molar-refractivity contribution in [2.45, 2.75) is 137 Å². The Morgan fingerprint density at radius 1 is 0.865 bits per heavy atom. The van der Waals surface area contributed by atoms with Crippen molar-refractivity contribution in [3.8, 4) is 0 Å². The van der Waals surface area contributed by atoms with E-state index in [1.54, 1.807) is 0 Å². The van der Waals surface area contributed by atoms with Crippen LogP contribution in [0.1, 0.15) is 39.5 Å². The topological polar surface area (TPSA) is 359 Å². The third-order valence-corrected chi connectivity index (χ3v) is 8.98. The van der Waals surface area contributed by atoms with Crippen molar-refractivity contribution in [2.75, 3.05) is 33.0 Å². The van der Waals surface area contributed by atoms with Crippen LogP contribution in [0.25, 0.3) is 0 Å². The van der Waals surface area contributed by atoms with Crippen LogP contribution >= 0.6 is 0 Å². The lowest BCUT2D eigenvalue weighted by molar-refractivity contribution is -0.360. The van der Waals surface area contributed by atoms with Gasteiger partial charge in [0.05, 0.1) is 32.0 Å². The second-order valence-electron chi connectivity index (χ2n) is 13.0. The van der Waals surface area contributed by atoms with Gasteiger partial charge in [-0.1, -0.05) is 0 Å². The van der Waals surface area contributed by atoms with Gasteiger partial charge in [0.2, 0.25) is 11.8 Å². The highest BCUT2D eigenvalue weighted by molar-refractivity contribution is 5.76. The summed E-state index contributed by atoms with van der Waals surface area (Å²) >= 11 is 0. The van der Waals surface area contributed by atoms with Crippen LogP contribution in [-0.4, -0.2) is 199 Å². The van der Waals surface area contributed by atoms with Crippen molar-refractivity contribution in [1.82, 2.24) is 10.6 Å². The zero-order valence-electron chi connectivity index (χ0n) is 28.7. The van der Waals surface area contributed by atoms with E-state index in [0.717, 1.165) is 19.8 Å². The third kappa shape index (κ3) is 10.7. The van der Waals surface area contributed by atoms with E-state index in [1.807, 2.05) is 0 Å². The van der Waals surface area contributed by atoms with Gasteiger partial charge in [0, 0.05) is 26.9 Å². The molecule has 0 aromatic carbocycles. The van der Waals surface area contributed by atoms with Crippen LogP contribution in [0.5, 0.6) is 0 Å². The van der Waals surface area contributed by atoms with Crippen LogP contribution < -0.4 is 16.4 Å². The van der Waals surface area contributed by atoms with E-state index < -0.39 is 142 Å². The number of aliphatic carboxylic acids is 1. The number of hydrogen-bond donors (Lipinski definition) is 13. The number of nitrogens with one attached hydrogen (secondary N) is 2. The predicted molar refractivity (Wildman–Crippen MR) is 168 cm³/mol. The number of carboxylic acids is 1. The largest absolute Gasteiger partial charge is 0.477 e. The Balaban J connectivity index is 1.81. The average Bonchev–Trinajstić information content (AvgIpc) is 3.09. The summed E-state index contributed by atoms with van der Waals surface area (Å²) in [5.74, 6) is -6.00. The summed E-state index contributed by atoms with van der Waals surface area (Å²) in [7, 11) is 0. The first-order valence-corrected chi connectivity index (χ1v) is 16.9. The van der Waals surface area contributed by atoms with Gasteiger partial charge in [0.1, 0.15) is 67.1 Å². The maximum Gasteiger partial charge on any atom is 0.364 e. The first-order chi connectivity index (χ1) is 24.5. The van der Waals surface area contributed by atoms with Crippen molar-refractivity contribution < 1.29 is 93.9 Å². The lowest BCUT2D eigenvalue weighted by Gasteiger charge is -2.48. The Morgan fingerprint density at radius 2 is 1.50 bits per heavy atom. The molecule has 14 N–H and O–H groups in total. The lowest BCUT2D eigenvalue weighted by atomic mass is 9.88. The molecule has 5 unspecified atom stereocenters. The molecule has 302 valence electrons. The molecular weight excluding hydrogens is 706 g/mol. The summed E-state index contributed by atoms with van der Waals surface area (Å²) < 4.78 is 34.0. The lowest BCUT2D eigenvalue weighted by Crippen LogP contribution is -2.69. The predicted octanol–water partition coefficient (Wildman–Crippen LogP) is -6.93. The van der Waals surface area contributed by atoms with E-state index in [4.69, 9.17) is 34.2 Å². The van der Waals surface area contributed by atoms with Crippen molar-refractivity contribution in [2.24, 2.45) is 5.73 Å². The van der Waals surface area contributed by atoms with Gasteiger partial charge in [-0.15, -0.1) is 0 Å². The Kier molecular flexibility index (Phi) is 16.9. The molecule has 3 rings (SSSR count). The Bertz CT molecular complexity index is 1160. The second kappa shape index (κ2) is 19.9. The molecule has 52 heavy (non-hydrogen) atoms. The monoisotopic (exact) mass is 759 g/mol. The fraction of sp³-hybridized carbons (Fsp3) is 0.900. The number of unbranched alkanes of at least 4 members (excludes halogenated alkanes) is 2. The minimum atomic E-state index is -2.84. The number of rotatable bonds is 18. The molecule has 0 saturated carbocycles. The van der Waals surface area contributed by atoms with E-state index in [-0.39, 0.29) is 6.61 Å². The number of carboxylic acid groups (broad SMARTS) is 1. The van der Waals surface area contributed by atoms with Crippen LogP contribution in [-0.2, 0) is 42.8 Å².